The lowest BCUT2D eigenvalue weighted by molar-refractivity contribution is -0.139. The van der Waals surface area contributed by atoms with Gasteiger partial charge < -0.3 is 24.7 Å². The monoisotopic (exact) mass is 739 g/mol. The van der Waals surface area contributed by atoms with E-state index in [9.17, 15) is 28.2 Å². The van der Waals surface area contributed by atoms with Gasteiger partial charge in [0.2, 0.25) is 0 Å². The summed E-state index contributed by atoms with van der Waals surface area (Å²) in [6.45, 7) is 1.45. The van der Waals surface area contributed by atoms with E-state index in [-0.39, 0.29) is 53.2 Å². The second-order valence-corrected chi connectivity index (χ2v) is 16.1. The molecule has 0 amide bonds. The van der Waals surface area contributed by atoms with Crippen LogP contribution in [0.2, 0.25) is 0 Å². The zero-order chi connectivity index (χ0) is 40.1. The molecule has 0 saturated carbocycles. The number of H-pyrrole nitrogens is 1. The Kier molecular flexibility index (Phi) is 8.57. The first kappa shape index (κ1) is 32.6. The van der Waals surface area contributed by atoms with Crippen LogP contribution in [0.25, 0.3) is 22.3 Å². The third-order valence-electron chi connectivity index (χ3n) is 9.42. The minimum atomic E-state index is -4.42. The highest BCUT2D eigenvalue weighted by Crippen LogP contribution is 2.42. The Balaban J connectivity index is 1.59. The Morgan fingerprint density at radius 2 is 1.88 bits per heavy atom. The smallest absolute Gasteiger partial charge is 0.341 e. The van der Waals surface area contributed by atoms with Crippen LogP contribution < -0.4 is 9.47 Å². The van der Waals surface area contributed by atoms with Gasteiger partial charge in [0.1, 0.15) is 17.3 Å². The molecule has 15 heteroatoms. The number of ether oxygens (including phenoxy) is 2. The molecule has 0 spiro atoms. The SMILES string of the molecule is [2H]C([2H])([2H])n1nc2nc1-c1cc(ccc1F)Oc1c(F)cc3[nH]ccc3c1CC(C(=O)O)S(=O)(=O)CC(C)(C)CCCC2(C)c1cccc(OCC(=O)O)c1. The number of benzene rings is 3. The number of nitrogens with zero attached hydrogens (tertiary/aromatic N) is 3. The Morgan fingerprint density at radius 3 is 2.62 bits per heavy atom. The van der Waals surface area contributed by atoms with Crippen LogP contribution in [0, 0.1) is 17.0 Å². The van der Waals surface area contributed by atoms with Crippen molar-refractivity contribution in [3.05, 3.63) is 89.4 Å². The number of sulfone groups is 1. The Morgan fingerprint density at radius 1 is 1.10 bits per heavy atom. The van der Waals surface area contributed by atoms with E-state index in [0.29, 0.717) is 15.6 Å². The number of carboxylic acid groups (broad SMARTS) is 2. The number of aryl methyl sites for hydroxylation is 1. The number of aromatic amines is 1. The van der Waals surface area contributed by atoms with Crippen molar-refractivity contribution in [3.63, 3.8) is 0 Å². The van der Waals surface area contributed by atoms with Crippen molar-refractivity contribution in [1.29, 1.82) is 0 Å². The molecule has 1 aliphatic rings. The zero-order valence-corrected chi connectivity index (χ0v) is 29.3. The van der Waals surface area contributed by atoms with E-state index < -0.39 is 86.8 Å². The zero-order valence-electron chi connectivity index (χ0n) is 31.4. The van der Waals surface area contributed by atoms with Gasteiger partial charge in [0.05, 0.1) is 16.7 Å². The van der Waals surface area contributed by atoms with Crippen molar-refractivity contribution < 1.29 is 50.6 Å². The largest absolute Gasteiger partial charge is 0.482 e. The van der Waals surface area contributed by atoms with Gasteiger partial charge >= 0.3 is 11.9 Å². The molecule has 3 N–H and O–H groups in total. The molecule has 0 saturated heterocycles. The molecular formula is C37H38F2N4O8S. The van der Waals surface area contributed by atoms with Crippen LogP contribution in [0.15, 0.2) is 60.8 Å². The number of carboxylic acids is 2. The first-order chi connectivity index (χ1) is 25.7. The van der Waals surface area contributed by atoms with E-state index in [0.717, 1.165) is 24.3 Å². The normalized spacial score (nSPS) is 21.3. The van der Waals surface area contributed by atoms with Crippen LogP contribution in [0.5, 0.6) is 17.2 Å². The van der Waals surface area contributed by atoms with Gasteiger partial charge in [-0.15, -0.1) is 0 Å². The molecule has 2 unspecified atom stereocenters. The number of nitrogens with one attached hydrogen (secondary N) is 1. The average molecular weight is 740 g/mol. The van der Waals surface area contributed by atoms with E-state index in [4.69, 9.17) is 13.6 Å². The average Bonchev–Trinajstić information content (AvgIpc) is 3.75. The summed E-state index contributed by atoms with van der Waals surface area (Å²) in [6.07, 6.45) is 1.49. The van der Waals surface area contributed by atoms with Crippen molar-refractivity contribution in [2.24, 2.45) is 12.4 Å². The molecule has 4 bridgehead atoms. The highest BCUT2D eigenvalue weighted by Gasteiger charge is 2.40. The number of hydrogen-bond donors (Lipinski definition) is 3. The summed E-state index contributed by atoms with van der Waals surface area (Å²) in [6, 6.07) is 12.2. The van der Waals surface area contributed by atoms with Crippen LogP contribution in [0.3, 0.4) is 0 Å². The summed E-state index contributed by atoms with van der Waals surface area (Å²) in [7, 11) is -4.42. The Bertz CT molecular complexity index is 2410. The first-order valence-electron chi connectivity index (χ1n) is 17.8. The highest BCUT2D eigenvalue weighted by molar-refractivity contribution is 7.92. The van der Waals surface area contributed by atoms with Crippen LogP contribution in [0.1, 0.15) is 61.1 Å². The summed E-state index contributed by atoms with van der Waals surface area (Å²) in [5, 5.41) is 22.2. The molecule has 12 nitrogen and oxygen atoms in total. The highest BCUT2D eigenvalue weighted by atomic mass is 32.2. The topological polar surface area (TPSA) is 174 Å². The first-order valence-corrected chi connectivity index (χ1v) is 18.0. The number of hydrogen-bond acceptors (Lipinski definition) is 8. The van der Waals surface area contributed by atoms with Crippen LogP contribution >= 0.6 is 0 Å². The number of fused-ring (bicyclic) bond motifs is 8. The molecule has 52 heavy (non-hydrogen) atoms. The van der Waals surface area contributed by atoms with E-state index in [1.165, 1.54) is 18.3 Å². The maximum Gasteiger partial charge on any atom is 0.341 e. The number of carbonyl (C=O) groups is 2. The molecule has 1 aliphatic heterocycles. The molecule has 2 aromatic heterocycles. The maximum atomic E-state index is 15.9. The number of halogens is 2. The second-order valence-electron chi connectivity index (χ2n) is 13.9. The predicted octanol–water partition coefficient (Wildman–Crippen LogP) is 6.42. The van der Waals surface area contributed by atoms with Crippen molar-refractivity contribution in [2.45, 2.75) is 57.1 Å². The molecule has 274 valence electrons. The molecule has 6 rings (SSSR count). The van der Waals surface area contributed by atoms with Crippen molar-refractivity contribution in [1.82, 2.24) is 19.7 Å². The van der Waals surface area contributed by atoms with E-state index in [1.807, 2.05) is 0 Å². The molecule has 3 aromatic carbocycles. The van der Waals surface area contributed by atoms with Crippen LogP contribution in [-0.4, -0.2) is 67.9 Å². The molecule has 0 radical (unpaired) electrons. The van der Waals surface area contributed by atoms with Crippen molar-refractivity contribution in [3.8, 4) is 28.6 Å². The fourth-order valence-electron chi connectivity index (χ4n) is 6.76. The molecule has 5 aromatic rings. The molecule has 2 atom stereocenters. The van der Waals surface area contributed by atoms with Gasteiger partial charge in [-0.2, -0.15) is 5.10 Å². The van der Waals surface area contributed by atoms with E-state index >= 15 is 8.78 Å². The van der Waals surface area contributed by atoms with E-state index in [1.54, 1.807) is 39.0 Å². The minimum absolute atomic E-state index is 0.0524. The molecular weight excluding hydrogens is 698 g/mol. The summed E-state index contributed by atoms with van der Waals surface area (Å²) in [5.41, 5.74) is -1.96. The summed E-state index contributed by atoms with van der Waals surface area (Å²) in [4.78, 5) is 31.4. The third kappa shape index (κ3) is 7.22. The maximum absolute atomic E-state index is 15.9. The lowest BCUT2D eigenvalue weighted by Crippen LogP contribution is -2.38. The summed E-state index contributed by atoms with van der Waals surface area (Å²) >= 11 is 0. The molecule has 3 heterocycles. The quantitative estimate of drug-likeness (QED) is 0.182. The predicted molar refractivity (Wildman–Crippen MR) is 187 cm³/mol. The van der Waals surface area contributed by atoms with Gasteiger partial charge in [0.15, 0.2) is 44.9 Å². The lowest BCUT2D eigenvalue weighted by atomic mass is 9.75. The Hall–Kier alpha value is -5.31. The Labute approximate surface area is 302 Å². The number of aromatic nitrogens is 4. The van der Waals surface area contributed by atoms with Crippen molar-refractivity contribution in [2.75, 3.05) is 12.4 Å². The fourth-order valence-corrected chi connectivity index (χ4v) is 8.93. The third-order valence-corrected chi connectivity index (χ3v) is 11.8. The minimum Gasteiger partial charge on any atom is -0.482 e. The number of aliphatic carboxylic acids is 2. The molecule has 0 aliphatic carbocycles. The van der Waals surface area contributed by atoms with Crippen LogP contribution in [-0.2, 0) is 38.2 Å². The lowest BCUT2D eigenvalue weighted by Gasteiger charge is -2.31. The van der Waals surface area contributed by atoms with Crippen molar-refractivity contribution >= 4 is 32.7 Å². The van der Waals surface area contributed by atoms with Gasteiger partial charge in [-0.3, -0.25) is 4.79 Å². The van der Waals surface area contributed by atoms with Gasteiger partial charge in [0.25, 0.3) is 0 Å². The standard InChI is InChI=1S/C37H38F2N4O8S/c1-36(2)12-6-13-37(3,21-7-5-8-22(15-21)50-19-31(44)45)35-41-33(43(4)42-35)26-16-23(9-10-27(26)38)51-32-25(17-30(34(46)47)52(48,49)20-36)24-11-14-40-29(24)18-28(32)39/h5,7-11,14-16,18,30,40H,6,12-13,17,19-20H2,1-4H3,(H,44,45)(H,46,47)/i4D3. The number of rotatable bonds is 5. The van der Waals surface area contributed by atoms with Crippen LogP contribution in [0.4, 0.5) is 8.78 Å². The van der Waals surface area contributed by atoms with Gasteiger partial charge in [-0.25, -0.2) is 31.7 Å². The van der Waals surface area contributed by atoms with E-state index in [2.05, 4.69) is 15.1 Å². The van der Waals surface area contributed by atoms with Gasteiger partial charge in [0, 0.05) is 46.2 Å². The van der Waals surface area contributed by atoms with Gasteiger partial charge in [-0.05, 0) is 67.1 Å². The summed E-state index contributed by atoms with van der Waals surface area (Å²) in [5.74, 6) is -6.25. The second kappa shape index (κ2) is 13.7. The summed E-state index contributed by atoms with van der Waals surface area (Å²) < 4.78 is 96.7. The van der Waals surface area contributed by atoms with Gasteiger partial charge in [-0.1, -0.05) is 32.4 Å². The fraction of sp³-hybridized carbons (Fsp3) is 0.351. The molecule has 0 fully saturated rings.